The number of hydrogen-bond acceptors (Lipinski definition) is 3. The molecule has 0 aromatic heterocycles. The topological polar surface area (TPSA) is 75.6 Å². The average Bonchev–Trinajstić information content (AvgIpc) is 3.07. The van der Waals surface area contributed by atoms with Crippen LogP contribution in [0.3, 0.4) is 0 Å². The highest BCUT2D eigenvalue weighted by Crippen LogP contribution is 2.44. The molecule has 0 fully saturated rings. The Morgan fingerprint density at radius 1 is 0.968 bits per heavy atom. The number of nitrogens with one attached hydrogen (secondary N) is 1. The van der Waals surface area contributed by atoms with Gasteiger partial charge in [-0.2, -0.15) is 0 Å². The normalized spacial score (nSPS) is 13.2. The molecule has 1 aliphatic carbocycles. The summed E-state index contributed by atoms with van der Waals surface area (Å²) in [6.45, 7) is 0.128. The minimum Gasteiger partial charge on any atom is -0.481 e. The molecule has 0 spiro atoms. The van der Waals surface area contributed by atoms with E-state index in [1.165, 1.54) is 0 Å². The molecule has 1 atom stereocenters. The third-order valence-corrected chi connectivity index (χ3v) is 5.93. The Balaban J connectivity index is 1.50. The summed E-state index contributed by atoms with van der Waals surface area (Å²) in [5.74, 6) is -1.18. The van der Waals surface area contributed by atoms with Gasteiger partial charge in [0.25, 0.3) is 0 Å². The summed E-state index contributed by atoms with van der Waals surface area (Å²) in [4.78, 5) is 23.9. The van der Waals surface area contributed by atoms with Gasteiger partial charge in [0.2, 0.25) is 0 Å². The van der Waals surface area contributed by atoms with Crippen LogP contribution in [0.5, 0.6) is 0 Å². The molecule has 1 amide bonds. The molecule has 0 saturated carbocycles. The van der Waals surface area contributed by atoms with Crippen molar-refractivity contribution < 1.29 is 19.4 Å². The van der Waals surface area contributed by atoms with Gasteiger partial charge in [-0.25, -0.2) is 4.79 Å². The number of carboxylic acid groups (broad SMARTS) is 1. The van der Waals surface area contributed by atoms with Crippen LogP contribution in [0.2, 0.25) is 10.0 Å². The number of carbonyl (C=O) groups excluding carboxylic acids is 1. The van der Waals surface area contributed by atoms with Crippen molar-refractivity contribution in [1.82, 2.24) is 5.32 Å². The quantitative estimate of drug-likeness (QED) is 0.474. The maximum absolute atomic E-state index is 12.6. The molecule has 0 bridgehead atoms. The SMILES string of the molecule is O=C(O)CC(NC(=O)OCC1c2ccccc2-c2ccccc21)c1cc(Cl)ccc1Cl. The van der Waals surface area contributed by atoms with Crippen LogP contribution in [0.4, 0.5) is 4.79 Å². The first-order valence-electron chi connectivity index (χ1n) is 9.72. The fraction of sp³-hybridized carbons (Fsp3) is 0.167. The summed E-state index contributed by atoms with van der Waals surface area (Å²) in [6, 6.07) is 19.9. The van der Waals surface area contributed by atoms with Gasteiger partial charge in [0.15, 0.2) is 0 Å². The molecule has 3 aromatic carbocycles. The molecule has 158 valence electrons. The van der Waals surface area contributed by atoms with E-state index < -0.39 is 18.1 Å². The molecule has 4 rings (SSSR count). The maximum Gasteiger partial charge on any atom is 0.407 e. The Labute approximate surface area is 189 Å². The molecule has 0 heterocycles. The highest BCUT2D eigenvalue weighted by molar-refractivity contribution is 6.33. The minimum atomic E-state index is -1.08. The van der Waals surface area contributed by atoms with Gasteiger partial charge in [-0.1, -0.05) is 71.7 Å². The van der Waals surface area contributed by atoms with Crippen LogP contribution in [0.15, 0.2) is 66.7 Å². The van der Waals surface area contributed by atoms with Crippen LogP contribution in [0.1, 0.15) is 35.1 Å². The van der Waals surface area contributed by atoms with Crippen molar-refractivity contribution in [2.75, 3.05) is 6.61 Å². The van der Waals surface area contributed by atoms with Gasteiger partial charge in [-0.05, 0) is 46.0 Å². The predicted molar refractivity (Wildman–Crippen MR) is 120 cm³/mol. The van der Waals surface area contributed by atoms with E-state index in [4.69, 9.17) is 27.9 Å². The van der Waals surface area contributed by atoms with Gasteiger partial charge in [0, 0.05) is 16.0 Å². The number of rotatable bonds is 6. The van der Waals surface area contributed by atoms with E-state index in [1.54, 1.807) is 18.2 Å². The number of hydrogen-bond donors (Lipinski definition) is 2. The Morgan fingerprint density at radius 3 is 2.19 bits per heavy atom. The molecular formula is C24H19Cl2NO4. The zero-order valence-electron chi connectivity index (χ0n) is 16.3. The number of alkyl carbamates (subject to hydrolysis) is 1. The summed E-state index contributed by atoms with van der Waals surface area (Å²) < 4.78 is 5.52. The molecule has 5 nitrogen and oxygen atoms in total. The standard InChI is InChI=1S/C24H19Cl2NO4/c25-14-9-10-21(26)19(11-14)22(12-23(28)29)27-24(30)31-13-20-17-7-3-1-5-15(17)16-6-2-4-8-18(16)20/h1-11,20,22H,12-13H2,(H,27,30)(H,28,29). The molecule has 0 radical (unpaired) electrons. The van der Waals surface area contributed by atoms with Crippen molar-refractivity contribution in [2.24, 2.45) is 0 Å². The van der Waals surface area contributed by atoms with Crippen molar-refractivity contribution in [3.63, 3.8) is 0 Å². The van der Waals surface area contributed by atoms with Crippen LogP contribution in [0.25, 0.3) is 11.1 Å². The molecule has 31 heavy (non-hydrogen) atoms. The number of carbonyl (C=O) groups is 2. The highest BCUT2D eigenvalue weighted by atomic mass is 35.5. The van der Waals surface area contributed by atoms with Crippen molar-refractivity contribution in [3.8, 4) is 11.1 Å². The van der Waals surface area contributed by atoms with Crippen LogP contribution < -0.4 is 5.32 Å². The molecular weight excluding hydrogens is 437 g/mol. The van der Waals surface area contributed by atoms with Crippen LogP contribution >= 0.6 is 23.2 Å². The summed E-state index contributed by atoms with van der Waals surface area (Å²) in [7, 11) is 0. The van der Waals surface area contributed by atoms with Gasteiger partial charge in [-0.3, -0.25) is 4.79 Å². The molecule has 0 saturated heterocycles. The van der Waals surface area contributed by atoms with Crippen LogP contribution in [-0.4, -0.2) is 23.8 Å². The Morgan fingerprint density at radius 2 is 1.58 bits per heavy atom. The fourth-order valence-corrected chi connectivity index (χ4v) is 4.41. The molecule has 1 unspecified atom stereocenters. The molecule has 0 aliphatic heterocycles. The summed E-state index contributed by atoms with van der Waals surface area (Å²) in [5, 5.41) is 12.6. The predicted octanol–water partition coefficient (Wildman–Crippen LogP) is 6.05. The first-order chi connectivity index (χ1) is 14.9. The Hall–Kier alpha value is -3.02. The van der Waals surface area contributed by atoms with Crippen molar-refractivity contribution in [2.45, 2.75) is 18.4 Å². The molecule has 2 N–H and O–H groups in total. The lowest BCUT2D eigenvalue weighted by Gasteiger charge is -2.20. The van der Waals surface area contributed by atoms with Crippen LogP contribution in [0, 0.1) is 0 Å². The lowest BCUT2D eigenvalue weighted by atomic mass is 9.98. The number of carboxylic acids is 1. The Bertz CT molecular complexity index is 1100. The highest BCUT2D eigenvalue weighted by Gasteiger charge is 2.29. The molecule has 3 aromatic rings. The van der Waals surface area contributed by atoms with Crippen molar-refractivity contribution in [3.05, 3.63) is 93.5 Å². The van der Waals surface area contributed by atoms with Crippen molar-refractivity contribution in [1.29, 1.82) is 0 Å². The number of fused-ring (bicyclic) bond motifs is 3. The molecule has 1 aliphatic rings. The fourth-order valence-electron chi connectivity index (χ4n) is 3.98. The second kappa shape index (κ2) is 9.00. The van der Waals surface area contributed by atoms with Gasteiger partial charge < -0.3 is 15.2 Å². The summed E-state index contributed by atoms with van der Waals surface area (Å²) in [5.41, 5.74) is 4.86. The second-order valence-corrected chi connectivity index (χ2v) is 8.13. The number of amides is 1. The number of benzene rings is 3. The number of aliphatic carboxylic acids is 1. The second-order valence-electron chi connectivity index (χ2n) is 7.29. The van der Waals surface area contributed by atoms with E-state index in [0.717, 1.165) is 22.3 Å². The minimum absolute atomic E-state index is 0.0918. The van der Waals surface area contributed by atoms with E-state index in [2.05, 4.69) is 17.4 Å². The van der Waals surface area contributed by atoms with E-state index >= 15 is 0 Å². The average molecular weight is 456 g/mol. The van der Waals surface area contributed by atoms with Gasteiger partial charge in [-0.15, -0.1) is 0 Å². The van der Waals surface area contributed by atoms with Gasteiger partial charge in [0.05, 0.1) is 12.5 Å². The summed E-state index contributed by atoms with van der Waals surface area (Å²) in [6.07, 6.45) is -1.08. The molecule has 7 heteroatoms. The number of ether oxygens (including phenoxy) is 1. The zero-order chi connectivity index (χ0) is 22.0. The first kappa shape index (κ1) is 21.2. The third kappa shape index (κ3) is 4.53. The summed E-state index contributed by atoms with van der Waals surface area (Å²) >= 11 is 12.2. The van der Waals surface area contributed by atoms with E-state index in [1.807, 2.05) is 36.4 Å². The van der Waals surface area contributed by atoms with E-state index in [0.29, 0.717) is 15.6 Å². The third-order valence-electron chi connectivity index (χ3n) is 5.35. The first-order valence-corrected chi connectivity index (χ1v) is 10.5. The van der Waals surface area contributed by atoms with Gasteiger partial charge in [0.1, 0.15) is 6.61 Å². The van der Waals surface area contributed by atoms with Gasteiger partial charge >= 0.3 is 12.1 Å². The maximum atomic E-state index is 12.6. The number of halogens is 2. The monoisotopic (exact) mass is 455 g/mol. The largest absolute Gasteiger partial charge is 0.481 e. The zero-order valence-corrected chi connectivity index (χ0v) is 17.9. The lowest BCUT2D eigenvalue weighted by molar-refractivity contribution is -0.137. The van der Waals surface area contributed by atoms with Crippen LogP contribution in [-0.2, 0) is 9.53 Å². The smallest absolute Gasteiger partial charge is 0.407 e. The van der Waals surface area contributed by atoms with E-state index in [-0.39, 0.29) is 18.9 Å². The van der Waals surface area contributed by atoms with Crippen molar-refractivity contribution >= 4 is 35.3 Å². The lowest BCUT2D eigenvalue weighted by Crippen LogP contribution is -2.32. The van der Waals surface area contributed by atoms with E-state index in [9.17, 15) is 14.7 Å². The Kier molecular flexibility index (Phi) is 6.16.